The summed E-state index contributed by atoms with van der Waals surface area (Å²) in [6.07, 6.45) is 3.39. The fourth-order valence-corrected chi connectivity index (χ4v) is 3.61. The van der Waals surface area contributed by atoms with Gasteiger partial charge >= 0.3 is 0 Å². The SMILES string of the molecule is CC1c2c(F)cccc2CCN1C(=O)Cn1cnc2c(cnn2C)c1=O. The summed E-state index contributed by atoms with van der Waals surface area (Å²) in [5, 5.41) is 4.38. The third-order valence-corrected chi connectivity index (χ3v) is 4.99. The zero-order valence-electron chi connectivity index (χ0n) is 14.5. The molecule has 0 radical (unpaired) electrons. The molecule has 0 saturated carbocycles. The van der Waals surface area contributed by atoms with E-state index >= 15 is 0 Å². The molecule has 0 N–H and O–H groups in total. The number of hydrogen-bond donors (Lipinski definition) is 0. The van der Waals surface area contributed by atoms with Gasteiger partial charge in [0.1, 0.15) is 24.1 Å². The van der Waals surface area contributed by atoms with Gasteiger partial charge in [0.25, 0.3) is 5.56 Å². The molecule has 1 unspecified atom stereocenters. The third kappa shape index (κ3) is 2.49. The fourth-order valence-electron chi connectivity index (χ4n) is 3.61. The van der Waals surface area contributed by atoms with Crippen molar-refractivity contribution < 1.29 is 9.18 Å². The highest BCUT2D eigenvalue weighted by Gasteiger charge is 2.30. The number of benzene rings is 1. The molecule has 3 aromatic rings. The van der Waals surface area contributed by atoms with Gasteiger partial charge in [-0.1, -0.05) is 12.1 Å². The van der Waals surface area contributed by atoms with Gasteiger partial charge in [-0.2, -0.15) is 5.10 Å². The number of carbonyl (C=O) groups excluding carboxylic acids is 1. The zero-order chi connectivity index (χ0) is 18.4. The van der Waals surface area contributed by atoms with Crippen molar-refractivity contribution in [2.45, 2.75) is 25.9 Å². The summed E-state index contributed by atoms with van der Waals surface area (Å²) in [4.78, 5) is 31.1. The van der Waals surface area contributed by atoms with E-state index in [9.17, 15) is 14.0 Å². The third-order valence-electron chi connectivity index (χ3n) is 4.99. The van der Waals surface area contributed by atoms with Crippen molar-refractivity contribution in [3.8, 4) is 0 Å². The maximum Gasteiger partial charge on any atom is 0.264 e. The van der Waals surface area contributed by atoms with Gasteiger partial charge < -0.3 is 4.90 Å². The molecule has 7 nitrogen and oxygen atoms in total. The van der Waals surface area contributed by atoms with Crippen molar-refractivity contribution in [2.75, 3.05) is 6.54 Å². The van der Waals surface area contributed by atoms with Crippen LogP contribution in [0, 0.1) is 5.82 Å². The van der Waals surface area contributed by atoms with E-state index in [1.165, 1.54) is 27.8 Å². The van der Waals surface area contributed by atoms with Crippen LogP contribution in [0.5, 0.6) is 0 Å². The number of rotatable bonds is 2. The summed E-state index contributed by atoms with van der Waals surface area (Å²) >= 11 is 0. The normalized spacial score (nSPS) is 16.7. The van der Waals surface area contributed by atoms with Crippen molar-refractivity contribution in [2.24, 2.45) is 7.05 Å². The molecule has 1 aliphatic rings. The van der Waals surface area contributed by atoms with Crippen LogP contribution in [-0.4, -0.2) is 36.7 Å². The largest absolute Gasteiger partial charge is 0.334 e. The first-order valence-electron chi connectivity index (χ1n) is 8.41. The number of hydrogen-bond acceptors (Lipinski definition) is 4. The molecule has 0 bridgehead atoms. The number of aryl methyl sites for hydroxylation is 1. The van der Waals surface area contributed by atoms with Gasteiger partial charge in [0, 0.05) is 19.2 Å². The van der Waals surface area contributed by atoms with E-state index in [0.717, 1.165) is 5.56 Å². The van der Waals surface area contributed by atoms with Gasteiger partial charge in [-0.05, 0) is 25.0 Å². The Kier molecular flexibility index (Phi) is 3.82. The second-order valence-corrected chi connectivity index (χ2v) is 6.51. The number of fused-ring (bicyclic) bond motifs is 2. The predicted octanol–water partition coefficient (Wildman–Crippen LogP) is 1.41. The highest BCUT2D eigenvalue weighted by Crippen LogP contribution is 2.31. The van der Waals surface area contributed by atoms with Crippen LogP contribution in [0.1, 0.15) is 24.1 Å². The van der Waals surface area contributed by atoms with Gasteiger partial charge in [0.15, 0.2) is 5.65 Å². The van der Waals surface area contributed by atoms with E-state index in [2.05, 4.69) is 10.1 Å². The molecule has 1 atom stereocenters. The van der Waals surface area contributed by atoms with Gasteiger partial charge in [-0.25, -0.2) is 9.37 Å². The lowest BCUT2D eigenvalue weighted by molar-refractivity contribution is -0.134. The van der Waals surface area contributed by atoms with Crippen LogP contribution in [0.3, 0.4) is 0 Å². The maximum absolute atomic E-state index is 14.2. The molecule has 8 heteroatoms. The Hall–Kier alpha value is -3.03. The molecule has 0 saturated heterocycles. The monoisotopic (exact) mass is 355 g/mol. The highest BCUT2D eigenvalue weighted by molar-refractivity contribution is 5.78. The quantitative estimate of drug-likeness (QED) is 0.697. The van der Waals surface area contributed by atoms with Crippen molar-refractivity contribution in [1.29, 1.82) is 0 Å². The van der Waals surface area contributed by atoms with Crippen molar-refractivity contribution in [3.05, 3.63) is 58.0 Å². The zero-order valence-corrected chi connectivity index (χ0v) is 14.5. The molecule has 0 aliphatic carbocycles. The molecular formula is C18H18FN5O2. The predicted molar refractivity (Wildman–Crippen MR) is 93.0 cm³/mol. The van der Waals surface area contributed by atoms with E-state index in [0.29, 0.717) is 29.6 Å². The fraction of sp³-hybridized carbons (Fsp3) is 0.333. The lowest BCUT2D eigenvalue weighted by Crippen LogP contribution is -2.42. The Bertz CT molecular complexity index is 1070. The van der Waals surface area contributed by atoms with Crippen LogP contribution in [0.2, 0.25) is 0 Å². The maximum atomic E-state index is 14.2. The minimum atomic E-state index is -0.377. The number of aromatic nitrogens is 4. The molecule has 134 valence electrons. The van der Waals surface area contributed by atoms with Gasteiger partial charge in [0.2, 0.25) is 5.91 Å². The Labute approximate surface area is 148 Å². The molecule has 26 heavy (non-hydrogen) atoms. The molecule has 1 amide bonds. The lowest BCUT2D eigenvalue weighted by Gasteiger charge is -2.35. The van der Waals surface area contributed by atoms with Gasteiger partial charge in [-0.15, -0.1) is 0 Å². The molecule has 1 aliphatic heterocycles. The minimum Gasteiger partial charge on any atom is -0.334 e. The molecule has 1 aromatic carbocycles. The standard InChI is InChI=1S/C18H18FN5O2/c1-11-16-12(4-3-5-14(16)19)6-7-24(11)15(25)9-23-10-20-17-13(18(23)26)8-21-22(17)2/h3-5,8,10-11H,6-7,9H2,1-2H3. The average molecular weight is 355 g/mol. The van der Waals surface area contributed by atoms with E-state index < -0.39 is 0 Å². The number of amides is 1. The summed E-state index contributed by atoms with van der Waals surface area (Å²) in [6.45, 7) is 2.17. The first kappa shape index (κ1) is 16.4. The van der Waals surface area contributed by atoms with Crippen LogP contribution < -0.4 is 5.56 Å². The average Bonchev–Trinajstić information content (AvgIpc) is 2.99. The molecule has 0 fully saturated rings. The molecule has 0 spiro atoms. The van der Waals surface area contributed by atoms with E-state index in [1.807, 2.05) is 13.0 Å². The second kappa shape index (κ2) is 6.05. The van der Waals surface area contributed by atoms with E-state index in [1.54, 1.807) is 18.0 Å². The Morgan fingerprint density at radius 1 is 1.38 bits per heavy atom. The number of nitrogens with zero attached hydrogens (tertiary/aromatic N) is 5. The summed E-state index contributed by atoms with van der Waals surface area (Å²) in [5.74, 6) is -0.540. The molecule has 3 heterocycles. The van der Waals surface area contributed by atoms with Crippen LogP contribution >= 0.6 is 0 Å². The van der Waals surface area contributed by atoms with Gasteiger partial charge in [0.05, 0.1) is 12.2 Å². The van der Waals surface area contributed by atoms with E-state index in [-0.39, 0.29) is 29.9 Å². The summed E-state index contributed by atoms with van der Waals surface area (Å²) in [7, 11) is 1.70. The number of carbonyl (C=O) groups is 1. The van der Waals surface area contributed by atoms with Gasteiger partial charge in [-0.3, -0.25) is 18.8 Å². The van der Waals surface area contributed by atoms with Crippen molar-refractivity contribution in [1.82, 2.24) is 24.2 Å². The first-order valence-corrected chi connectivity index (χ1v) is 8.41. The summed E-state index contributed by atoms with van der Waals surface area (Å²) in [6, 6.07) is 4.61. The molecule has 4 rings (SSSR count). The topological polar surface area (TPSA) is 73.0 Å². The molecule has 2 aromatic heterocycles. The van der Waals surface area contributed by atoms with Crippen LogP contribution in [0.4, 0.5) is 4.39 Å². The highest BCUT2D eigenvalue weighted by atomic mass is 19.1. The Morgan fingerprint density at radius 3 is 3.00 bits per heavy atom. The van der Waals surface area contributed by atoms with Crippen molar-refractivity contribution in [3.63, 3.8) is 0 Å². The summed E-state index contributed by atoms with van der Waals surface area (Å²) in [5.41, 5.74) is 1.64. The Balaban J connectivity index is 1.62. The smallest absolute Gasteiger partial charge is 0.264 e. The summed E-state index contributed by atoms with van der Waals surface area (Å²) < 4.78 is 17.0. The van der Waals surface area contributed by atoms with Crippen LogP contribution in [0.25, 0.3) is 11.0 Å². The lowest BCUT2D eigenvalue weighted by atomic mass is 9.93. The van der Waals surface area contributed by atoms with Crippen LogP contribution in [-0.2, 0) is 24.8 Å². The second-order valence-electron chi connectivity index (χ2n) is 6.51. The first-order chi connectivity index (χ1) is 12.5. The van der Waals surface area contributed by atoms with E-state index in [4.69, 9.17) is 0 Å². The minimum absolute atomic E-state index is 0.134. The Morgan fingerprint density at radius 2 is 2.19 bits per heavy atom. The molecular weight excluding hydrogens is 337 g/mol. The van der Waals surface area contributed by atoms with Crippen LogP contribution in [0.15, 0.2) is 35.5 Å². The van der Waals surface area contributed by atoms with Crippen molar-refractivity contribution >= 4 is 16.9 Å². The number of halogens is 1.